The number of aryl methyl sites for hydroxylation is 1. The third-order valence-electron chi connectivity index (χ3n) is 1.91. The highest BCUT2D eigenvalue weighted by atomic mass is 16.5. The van der Waals surface area contributed by atoms with Crippen LogP contribution in [0.2, 0.25) is 0 Å². The maximum Gasteiger partial charge on any atom is 0.141 e. The first kappa shape index (κ1) is 18.0. The lowest BCUT2D eigenvalue weighted by Gasteiger charge is -2.01. The van der Waals surface area contributed by atoms with Crippen LogP contribution >= 0.6 is 0 Å². The molecular formula is C13H25N3O. The van der Waals surface area contributed by atoms with Crippen LogP contribution in [0.3, 0.4) is 0 Å². The summed E-state index contributed by atoms with van der Waals surface area (Å²) in [6, 6.07) is 2.15. The van der Waals surface area contributed by atoms with Gasteiger partial charge >= 0.3 is 0 Å². The molecule has 0 aromatic carbocycles. The Morgan fingerprint density at radius 3 is 2.35 bits per heavy atom. The van der Waals surface area contributed by atoms with Crippen LogP contribution in [0.25, 0.3) is 0 Å². The largest absolute Gasteiger partial charge is 0.383 e. The Morgan fingerprint density at radius 1 is 1.35 bits per heavy atom. The Morgan fingerprint density at radius 2 is 1.94 bits per heavy atom. The lowest BCUT2D eigenvalue weighted by molar-refractivity contribution is 0.183. The minimum atomic E-state index is 0.583. The molecule has 0 bridgehead atoms. The number of hydrogen-bond donors (Lipinski definition) is 0. The minimum Gasteiger partial charge on any atom is -0.383 e. The summed E-state index contributed by atoms with van der Waals surface area (Å²) in [7, 11) is 1.64. The molecular weight excluding hydrogens is 214 g/mol. The van der Waals surface area contributed by atoms with Crippen molar-refractivity contribution in [1.29, 1.82) is 5.26 Å². The first-order valence-electron chi connectivity index (χ1n) is 6.27. The predicted molar refractivity (Wildman–Crippen MR) is 70.9 cm³/mol. The van der Waals surface area contributed by atoms with Crippen molar-refractivity contribution in [3.63, 3.8) is 0 Å². The highest BCUT2D eigenvalue weighted by Crippen LogP contribution is 2.07. The fourth-order valence-corrected chi connectivity index (χ4v) is 1.16. The zero-order chi connectivity index (χ0) is 13.7. The molecule has 98 valence electrons. The van der Waals surface area contributed by atoms with Gasteiger partial charge in [0.25, 0.3) is 0 Å². The van der Waals surface area contributed by atoms with E-state index in [1.54, 1.807) is 18.0 Å². The monoisotopic (exact) mass is 239 g/mol. The molecule has 0 spiro atoms. The van der Waals surface area contributed by atoms with Crippen LogP contribution in [0.15, 0.2) is 6.20 Å². The molecule has 1 aromatic rings. The maximum absolute atomic E-state index is 8.87. The zero-order valence-corrected chi connectivity index (χ0v) is 11.9. The van der Waals surface area contributed by atoms with Crippen LogP contribution in [0.5, 0.6) is 0 Å². The standard InChI is InChI=1S/C9H13N3O.2C2H6/c1-3-8-7-11-12(4-5-13-2)9(8)6-10;2*1-2/h7H,3-5H2,1-2H3;2*1-2H3. The van der Waals surface area contributed by atoms with Gasteiger partial charge in [0, 0.05) is 12.7 Å². The summed E-state index contributed by atoms with van der Waals surface area (Å²) < 4.78 is 6.60. The Kier molecular flexibility index (Phi) is 13.5. The van der Waals surface area contributed by atoms with Crippen LogP contribution in [0.4, 0.5) is 0 Å². The third kappa shape index (κ3) is 6.08. The van der Waals surface area contributed by atoms with Gasteiger partial charge in [0.05, 0.1) is 19.3 Å². The molecule has 0 fully saturated rings. The molecule has 17 heavy (non-hydrogen) atoms. The number of methoxy groups -OCH3 is 1. The van der Waals surface area contributed by atoms with Gasteiger partial charge in [-0.2, -0.15) is 10.4 Å². The zero-order valence-electron chi connectivity index (χ0n) is 11.9. The van der Waals surface area contributed by atoms with E-state index in [1.807, 2.05) is 34.6 Å². The predicted octanol–water partition coefficient (Wildman–Crippen LogP) is 3.02. The molecule has 4 heteroatoms. The fourth-order valence-electron chi connectivity index (χ4n) is 1.16. The van der Waals surface area contributed by atoms with Gasteiger partial charge in [0.2, 0.25) is 0 Å². The second-order valence-corrected chi connectivity index (χ2v) is 2.70. The number of rotatable bonds is 4. The Bertz CT molecular complexity index is 313. The van der Waals surface area contributed by atoms with Crippen LogP contribution in [0, 0.1) is 11.3 Å². The van der Waals surface area contributed by atoms with E-state index >= 15 is 0 Å². The van der Waals surface area contributed by atoms with Gasteiger partial charge in [-0.3, -0.25) is 4.68 Å². The number of ether oxygens (including phenoxy) is 1. The summed E-state index contributed by atoms with van der Waals surface area (Å²) in [5.41, 5.74) is 1.65. The minimum absolute atomic E-state index is 0.583. The van der Waals surface area contributed by atoms with E-state index in [0.717, 1.165) is 12.0 Å². The van der Waals surface area contributed by atoms with E-state index in [1.165, 1.54) is 0 Å². The van der Waals surface area contributed by atoms with Crippen molar-refractivity contribution in [1.82, 2.24) is 9.78 Å². The summed E-state index contributed by atoms with van der Waals surface area (Å²) in [5, 5.41) is 13.0. The highest BCUT2D eigenvalue weighted by molar-refractivity contribution is 5.29. The van der Waals surface area contributed by atoms with E-state index in [0.29, 0.717) is 18.8 Å². The third-order valence-corrected chi connectivity index (χ3v) is 1.91. The molecule has 0 saturated heterocycles. The van der Waals surface area contributed by atoms with Gasteiger partial charge < -0.3 is 4.74 Å². The van der Waals surface area contributed by atoms with Crippen molar-refractivity contribution in [2.45, 2.75) is 47.6 Å². The summed E-state index contributed by atoms with van der Waals surface area (Å²) in [6.07, 6.45) is 2.59. The molecule has 1 rings (SSSR count). The van der Waals surface area contributed by atoms with E-state index in [4.69, 9.17) is 10.00 Å². The molecule has 0 unspecified atom stereocenters. The van der Waals surface area contributed by atoms with Crippen LogP contribution in [0.1, 0.15) is 45.9 Å². The number of aromatic nitrogens is 2. The van der Waals surface area contributed by atoms with Crippen LogP contribution in [-0.4, -0.2) is 23.5 Å². The molecule has 1 aromatic heterocycles. The summed E-state index contributed by atoms with van der Waals surface area (Å²) in [4.78, 5) is 0. The number of nitriles is 1. The SMILES string of the molecule is CC.CC.CCc1cnn(CCOC)c1C#N. The topological polar surface area (TPSA) is 50.8 Å². The first-order chi connectivity index (χ1) is 8.33. The molecule has 1 heterocycles. The molecule has 0 N–H and O–H groups in total. The van der Waals surface area contributed by atoms with Gasteiger partial charge in [-0.1, -0.05) is 34.6 Å². The number of hydrogen-bond acceptors (Lipinski definition) is 3. The second-order valence-electron chi connectivity index (χ2n) is 2.70. The smallest absolute Gasteiger partial charge is 0.141 e. The Hall–Kier alpha value is -1.34. The van der Waals surface area contributed by atoms with Gasteiger partial charge in [0.15, 0.2) is 0 Å². The van der Waals surface area contributed by atoms with E-state index in [-0.39, 0.29) is 0 Å². The summed E-state index contributed by atoms with van der Waals surface area (Å²) >= 11 is 0. The van der Waals surface area contributed by atoms with Gasteiger partial charge in [-0.25, -0.2) is 0 Å². The lowest BCUT2D eigenvalue weighted by Crippen LogP contribution is -2.08. The Labute approximate surface area is 105 Å². The molecule has 4 nitrogen and oxygen atoms in total. The van der Waals surface area contributed by atoms with Crippen molar-refractivity contribution >= 4 is 0 Å². The van der Waals surface area contributed by atoms with Crippen molar-refractivity contribution in [2.75, 3.05) is 13.7 Å². The second kappa shape index (κ2) is 12.7. The van der Waals surface area contributed by atoms with Crippen molar-refractivity contribution in [2.24, 2.45) is 0 Å². The molecule has 0 aliphatic rings. The normalized spacial score (nSPS) is 8.29. The average Bonchev–Trinajstić information content (AvgIpc) is 2.82. The average molecular weight is 239 g/mol. The van der Waals surface area contributed by atoms with Crippen LogP contribution in [-0.2, 0) is 17.7 Å². The molecule has 0 amide bonds. The van der Waals surface area contributed by atoms with Crippen molar-refractivity contribution in [3.05, 3.63) is 17.5 Å². The molecule has 0 aliphatic carbocycles. The van der Waals surface area contributed by atoms with Crippen molar-refractivity contribution < 1.29 is 4.74 Å². The fraction of sp³-hybridized carbons (Fsp3) is 0.692. The van der Waals surface area contributed by atoms with E-state index in [9.17, 15) is 0 Å². The summed E-state index contributed by atoms with van der Waals surface area (Å²) in [6.45, 7) is 11.2. The highest BCUT2D eigenvalue weighted by Gasteiger charge is 2.07. The van der Waals surface area contributed by atoms with Gasteiger partial charge in [-0.15, -0.1) is 0 Å². The molecule has 0 aliphatic heterocycles. The summed E-state index contributed by atoms with van der Waals surface area (Å²) in [5.74, 6) is 0. The quantitative estimate of drug-likeness (QED) is 0.811. The van der Waals surface area contributed by atoms with Crippen LogP contribution < -0.4 is 0 Å². The first-order valence-corrected chi connectivity index (χ1v) is 6.27. The number of nitrogens with zero attached hydrogens (tertiary/aromatic N) is 3. The van der Waals surface area contributed by atoms with Gasteiger partial charge in [-0.05, 0) is 6.42 Å². The maximum atomic E-state index is 8.87. The van der Waals surface area contributed by atoms with E-state index in [2.05, 4.69) is 11.2 Å². The Balaban J connectivity index is 0. The van der Waals surface area contributed by atoms with E-state index < -0.39 is 0 Å². The molecule has 0 saturated carbocycles. The van der Waals surface area contributed by atoms with Crippen molar-refractivity contribution in [3.8, 4) is 6.07 Å². The van der Waals surface area contributed by atoms with Gasteiger partial charge in [0.1, 0.15) is 11.8 Å². The molecule has 0 atom stereocenters. The lowest BCUT2D eigenvalue weighted by atomic mass is 10.2. The molecule has 0 radical (unpaired) electrons.